The summed E-state index contributed by atoms with van der Waals surface area (Å²) in [4.78, 5) is 20.8. The molecule has 0 atom stereocenters. The van der Waals surface area contributed by atoms with Crippen molar-refractivity contribution in [3.8, 4) is 44.6 Å². The third-order valence-corrected chi connectivity index (χ3v) is 10.9. The van der Waals surface area contributed by atoms with Crippen molar-refractivity contribution in [2.45, 2.75) is 5.41 Å². The van der Waals surface area contributed by atoms with E-state index in [1.165, 1.54) is 50.1 Å². The second-order valence-electron chi connectivity index (χ2n) is 11.9. The first-order chi connectivity index (χ1) is 22.2. The Kier molecular flexibility index (Phi) is 4.95. The maximum atomic E-state index is 13.1. The maximum Gasteiger partial charge on any atom is 0.346 e. The first-order valence-electron chi connectivity index (χ1n) is 15.2. The van der Waals surface area contributed by atoms with E-state index in [4.69, 9.17) is 0 Å². The van der Waals surface area contributed by atoms with Gasteiger partial charge in [0, 0.05) is 15.6 Å². The van der Waals surface area contributed by atoms with Crippen molar-refractivity contribution in [1.29, 1.82) is 0 Å². The van der Waals surface area contributed by atoms with Gasteiger partial charge in [0.05, 0.1) is 21.3 Å². The standard InChI is InChI=1S/C41H24N2OS/c44-40-42-37(39-38(43-40)31-21-18-25(23-36(31)45-39)24-10-2-1-3-11-24)26-19-20-30-29-14-6-9-17-34(29)41(35(30)22-26)32-15-7-4-12-27(32)28-13-5-8-16-33(28)41/h1-23H,(H,42,43,44). The van der Waals surface area contributed by atoms with Gasteiger partial charge in [-0.15, -0.1) is 11.3 Å². The van der Waals surface area contributed by atoms with Crippen LogP contribution in [-0.2, 0) is 5.41 Å². The molecule has 2 aliphatic rings. The van der Waals surface area contributed by atoms with Gasteiger partial charge >= 0.3 is 5.69 Å². The lowest BCUT2D eigenvalue weighted by molar-refractivity contribution is 0.794. The van der Waals surface area contributed by atoms with E-state index >= 15 is 0 Å². The van der Waals surface area contributed by atoms with E-state index in [1.54, 1.807) is 11.3 Å². The summed E-state index contributed by atoms with van der Waals surface area (Å²) in [5, 5.41) is 1.04. The molecule has 1 N–H and O–H groups in total. The molecule has 10 rings (SSSR count). The molecule has 0 bridgehead atoms. The fourth-order valence-electron chi connectivity index (χ4n) is 7.92. The zero-order valence-electron chi connectivity index (χ0n) is 24.0. The number of hydrogen-bond acceptors (Lipinski definition) is 3. The van der Waals surface area contributed by atoms with Crippen LogP contribution in [0.15, 0.2) is 144 Å². The lowest BCUT2D eigenvalue weighted by Crippen LogP contribution is -2.25. The highest BCUT2D eigenvalue weighted by Gasteiger charge is 2.51. The number of nitrogens with one attached hydrogen (secondary N) is 1. The van der Waals surface area contributed by atoms with Gasteiger partial charge in [0.2, 0.25) is 0 Å². The molecule has 4 heteroatoms. The number of aromatic nitrogens is 2. The monoisotopic (exact) mass is 592 g/mol. The highest BCUT2D eigenvalue weighted by molar-refractivity contribution is 7.26. The van der Waals surface area contributed by atoms with E-state index < -0.39 is 5.41 Å². The summed E-state index contributed by atoms with van der Waals surface area (Å²) in [5.41, 5.74) is 14.2. The van der Waals surface area contributed by atoms with E-state index in [0.29, 0.717) is 0 Å². The molecule has 0 aliphatic heterocycles. The number of nitrogens with zero attached hydrogens (tertiary/aromatic N) is 1. The minimum absolute atomic E-state index is 0.334. The second-order valence-corrected chi connectivity index (χ2v) is 13.0. The van der Waals surface area contributed by atoms with E-state index in [9.17, 15) is 4.79 Å². The van der Waals surface area contributed by atoms with Gasteiger partial charge in [0.1, 0.15) is 0 Å². The number of H-pyrrole nitrogens is 1. The topological polar surface area (TPSA) is 45.8 Å². The molecule has 8 aromatic rings. The van der Waals surface area contributed by atoms with Crippen molar-refractivity contribution >= 4 is 31.6 Å². The van der Waals surface area contributed by atoms with Crippen LogP contribution in [0, 0.1) is 0 Å². The summed E-state index contributed by atoms with van der Waals surface area (Å²) in [6, 6.07) is 50.0. The molecule has 0 unspecified atom stereocenters. The number of hydrogen-bond donors (Lipinski definition) is 1. The third-order valence-electron chi connectivity index (χ3n) is 9.73. The van der Waals surface area contributed by atoms with Crippen LogP contribution in [0.4, 0.5) is 0 Å². The van der Waals surface area contributed by atoms with Crippen LogP contribution in [0.1, 0.15) is 22.3 Å². The lowest BCUT2D eigenvalue weighted by Gasteiger charge is -2.30. The van der Waals surface area contributed by atoms with E-state index in [2.05, 4.69) is 143 Å². The zero-order valence-corrected chi connectivity index (χ0v) is 24.9. The molecule has 2 aliphatic carbocycles. The van der Waals surface area contributed by atoms with Gasteiger partial charge < -0.3 is 4.98 Å². The molecule has 210 valence electrons. The Morgan fingerprint density at radius 1 is 0.533 bits per heavy atom. The smallest absolute Gasteiger partial charge is 0.304 e. The van der Waals surface area contributed by atoms with Crippen LogP contribution >= 0.6 is 11.3 Å². The van der Waals surface area contributed by atoms with Gasteiger partial charge in [-0.3, -0.25) is 0 Å². The van der Waals surface area contributed by atoms with Crippen LogP contribution < -0.4 is 5.69 Å². The Morgan fingerprint density at radius 2 is 1.11 bits per heavy atom. The minimum Gasteiger partial charge on any atom is -0.304 e. The van der Waals surface area contributed by atoms with Crippen molar-refractivity contribution in [2.75, 3.05) is 0 Å². The van der Waals surface area contributed by atoms with Gasteiger partial charge in [-0.2, -0.15) is 4.98 Å². The van der Waals surface area contributed by atoms with Gasteiger partial charge in [-0.1, -0.05) is 127 Å². The molecule has 1 spiro atoms. The van der Waals surface area contributed by atoms with Crippen LogP contribution in [0.3, 0.4) is 0 Å². The average Bonchev–Trinajstić information content (AvgIpc) is 3.72. The van der Waals surface area contributed by atoms with Crippen LogP contribution in [0.2, 0.25) is 0 Å². The molecular formula is C41H24N2OS. The molecule has 0 amide bonds. The maximum absolute atomic E-state index is 13.1. The van der Waals surface area contributed by atoms with Gasteiger partial charge in [0.15, 0.2) is 0 Å². The fraction of sp³-hybridized carbons (Fsp3) is 0.0244. The summed E-state index contributed by atoms with van der Waals surface area (Å²) < 4.78 is 2.12. The number of thiophene rings is 1. The number of benzene rings is 6. The highest BCUT2D eigenvalue weighted by Crippen LogP contribution is 2.63. The van der Waals surface area contributed by atoms with Crippen molar-refractivity contribution in [3.05, 3.63) is 172 Å². The third kappa shape index (κ3) is 3.24. The summed E-state index contributed by atoms with van der Waals surface area (Å²) in [7, 11) is 0. The molecule has 0 saturated heterocycles. The Bertz CT molecular complexity index is 2510. The summed E-state index contributed by atoms with van der Waals surface area (Å²) in [6.45, 7) is 0. The SMILES string of the molecule is O=c1nc(-c2ccc3c(c2)C2(c4ccccc4-c4ccccc42)c2ccccc2-3)c2sc3cc(-c4ccccc4)ccc3c2[nH]1. The second kappa shape index (κ2) is 8.98. The highest BCUT2D eigenvalue weighted by atomic mass is 32.1. The van der Waals surface area contributed by atoms with Gasteiger partial charge in [-0.05, 0) is 67.8 Å². The molecule has 3 nitrogen and oxygen atoms in total. The first kappa shape index (κ1) is 24.8. The molecule has 0 radical (unpaired) electrons. The van der Waals surface area contributed by atoms with Gasteiger partial charge in [-0.25, -0.2) is 4.79 Å². The van der Waals surface area contributed by atoms with Crippen LogP contribution in [-0.4, -0.2) is 9.97 Å². The van der Waals surface area contributed by atoms with Crippen molar-refractivity contribution < 1.29 is 0 Å². The summed E-state index contributed by atoms with van der Waals surface area (Å²) in [6.07, 6.45) is 0. The van der Waals surface area contributed by atoms with Crippen LogP contribution in [0.25, 0.3) is 64.9 Å². The molecule has 0 fully saturated rings. The quantitative estimate of drug-likeness (QED) is 0.217. The fourth-order valence-corrected chi connectivity index (χ4v) is 9.13. The normalized spacial score (nSPS) is 13.6. The Balaban J connectivity index is 1.25. The average molecular weight is 593 g/mol. The molecule has 2 aromatic heterocycles. The summed E-state index contributed by atoms with van der Waals surface area (Å²) in [5.74, 6) is 0. The van der Waals surface area contributed by atoms with Gasteiger partial charge in [0.25, 0.3) is 0 Å². The molecule has 6 aromatic carbocycles. The largest absolute Gasteiger partial charge is 0.346 e. The first-order valence-corrected chi connectivity index (χ1v) is 16.0. The van der Waals surface area contributed by atoms with E-state index in [-0.39, 0.29) is 5.69 Å². The van der Waals surface area contributed by atoms with Crippen molar-refractivity contribution in [1.82, 2.24) is 9.97 Å². The predicted molar refractivity (Wildman–Crippen MR) is 185 cm³/mol. The Labute approximate surface area is 263 Å². The molecule has 2 heterocycles. The predicted octanol–water partition coefficient (Wildman–Crippen LogP) is 9.82. The summed E-state index contributed by atoms with van der Waals surface area (Å²) >= 11 is 1.69. The van der Waals surface area contributed by atoms with E-state index in [0.717, 1.165) is 37.1 Å². The number of rotatable bonds is 2. The zero-order chi connectivity index (χ0) is 29.7. The van der Waals surface area contributed by atoms with Crippen molar-refractivity contribution in [3.63, 3.8) is 0 Å². The lowest BCUT2D eigenvalue weighted by atomic mass is 9.70. The molecule has 0 saturated carbocycles. The number of aromatic amines is 1. The Morgan fingerprint density at radius 3 is 1.78 bits per heavy atom. The van der Waals surface area contributed by atoms with Crippen LogP contribution in [0.5, 0.6) is 0 Å². The molecular weight excluding hydrogens is 569 g/mol. The Hall–Kier alpha value is -5.58. The van der Waals surface area contributed by atoms with E-state index in [1.807, 2.05) is 6.07 Å². The number of fused-ring (bicyclic) bond motifs is 13. The minimum atomic E-state index is -0.444. The van der Waals surface area contributed by atoms with Crippen molar-refractivity contribution in [2.24, 2.45) is 0 Å². The molecule has 45 heavy (non-hydrogen) atoms.